The first-order valence-electron chi connectivity index (χ1n) is 12.6. The van der Waals surface area contributed by atoms with Crippen molar-refractivity contribution in [2.75, 3.05) is 26.9 Å². The maximum Gasteiger partial charge on any atom is 0.242 e. The van der Waals surface area contributed by atoms with E-state index in [2.05, 4.69) is 5.32 Å². The van der Waals surface area contributed by atoms with Gasteiger partial charge in [0.05, 0.1) is 20.3 Å². The van der Waals surface area contributed by atoms with Crippen LogP contribution in [0.3, 0.4) is 0 Å². The van der Waals surface area contributed by atoms with Crippen molar-refractivity contribution in [3.05, 3.63) is 53.6 Å². The van der Waals surface area contributed by atoms with Crippen molar-refractivity contribution >= 4 is 11.8 Å². The molecule has 7 nitrogen and oxygen atoms in total. The van der Waals surface area contributed by atoms with E-state index < -0.39 is 6.04 Å². The van der Waals surface area contributed by atoms with Crippen LogP contribution in [0.25, 0.3) is 0 Å². The van der Waals surface area contributed by atoms with Crippen molar-refractivity contribution in [2.24, 2.45) is 0 Å². The molecular formula is C28H40N2O5. The first kappa shape index (κ1) is 28.0. The molecule has 7 heteroatoms. The van der Waals surface area contributed by atoms with E-state index in [-0.39, 0.29) is 18.2 Å². The SMILES string of the molecule is CCCNC(=O)[C@@H](CC)N(Cc1ccc(OC)cc1)C(=O)CCc1ccc(OCC)c(OCC)c1. The van der Waals surface area contributed by atoms with Crippen molar-refractivity contribution in [2.45, 2.75) is 66.0 Å². The average Bonchev–Trinajstić information content (AvgIpc) is 2.87. The van der Waals surface area contributed by atoms with Crippen LogP contribution >= 0.6 is 0 Å². The molecule has 2 amide bonds. The van der Waals surface area contributed by atoms with Crippen LogP contribution in [0.1, 0.15) is 58.1 Å². The predicted molar refractivity (Wildman–Crippen MR) is 138 cm³/mol. The minimum absolute atomic E-state index is 0.0637. The van der Waals surface area contributed by atoms with Crippen molar-refractivity contribution in [3.63, 3.8) is 0 Å². The van der Waals surface area contributed by atoms with E-state index in [1.54, 1.807) is 12.0 Å². The number of carbonyl (C=O) groups is 2. The fraction of sp³-hybridized carbons (Fsp3) is 0.500. The molecular weight excluding hydrogens is 444 g/mol. The van der Waals surface area contributed by atoms with Crippen molar-refractivity contribution in [1.29, 1.82) is 0 Å². The Morgan fingerprint density at radius 1 is 0.914 bits per heavy atom. The van der Waals surface area contributed by atoms with E-state index in [0.29, 0.717) is 50.6 Å². The highest BCUT2D eigenvalue weighted by molar-refractivity contribution is 5.87. The number of aryl methyl sites for hydroxylation is 1. The van der Waals surface area contributed by atoms with Crippen molar-refractivity contribution in [3.8, 4) is 17.2 Å². The normalized spacial score (nSPS) is 11.5. The molecule has 1 atom stereocenters. The highest BCUT2D eigenvalue weighted by Gasteiger charge is 2.28. The average molecular weight is 485 g/mol. The van der Waals surface area contributed by atoms with Crippen LogP contribution in [0.2, 0.25) is 0 Å². The van der Waals surface area contributed by atoms with E-state index in [4.69, 9.17) is 14.2 Å². The highest BCUT2D eigenvalue weighted by atomic mass is 16.5. The second kappa shape index (κ2) is 14.9. The molecule has 0 spiro atoms. The number of hydrogen-bond donors (Lipinski definition) is 1. The summed E-state index contributed by atoms with van der Waals surface area (Å²) in [5, 5.41) is 2.95. The van der Waals surface area contributed by atoms with Crippen LogP contribution in [0.4, 0.5) is 0 Å². The molecule has 2 rings (SSSR count). The summed E-state index contributed by atoms with van der Waals surface area (Å²) in [5.74, 6) is 1.95. The van der Waals surface area contributed by atoms with Crippen molar-refractivity contribution in [1.82, 2.24) is 10.2 Å². The number of rotatable bonds is 15. The summed E-state index contributed by atoms with van der Waals surface area (Å²) in [6, 6.07) is 12.8. The third-order valence-corrected chi connectivity index (χ3v) is 5.68. The van der Waals surface area contributed by atoms with Crippen LogP contribution in [0.15, 0.2) is 42.5 Å². The van der Waals surface area contributed by atoms with E-state index in [9.17, 15) is 9.59 Å². The lowest BCUT2D eigenvalue weighted by Gasteiger charge is -2.31. The zero-order valence-electron chi connectivity index (χ0n) is 21.8. The molecule has 0 aliphatic rings. The van der Waals surface area contributed by atoms with Gasteiger partial charge in [0.2, 0.25) is 11.8 Å². The van der Waals surface area contributed by atoms with Gasteiger partial charge in [0, 0.05) is 19.5 Å². The Morgan fingerprint density at radius 3 is 2.17 bits per heavy atom. The molecule has 0 fully saturated rings. The van der Waals surface area contributed by atoms with Gasteiger partial charge in [-0.3, -0.25) is 9.59 Å². The molecule has 0 aliphatic carbocycles. The summed E-state index contributed by atoms with van der Waals surface area (Å²) in [5.41, 5.74) is 1.93. The molecule has 0 radical (unpaired) electrons. The van der Waals surface area contributed by atoms with Gasteiger partial charge in [0.25, 0.3) is 0 Å². The van der Waals surface area contributed by atoms with Gasteiger partial charge >= 0.3 is 0 Å². The van der Waals surface area contributed by atoms with Gasteiger partial charge in [-0.1, -0.05) is 32.0 Å². The zero-order chi connectivity index (χ0) is 25.6. The molecule has 0 aromatic heterocycles. The van der Waals surface area contributed by atoms with Gasteiger partial charge in [-0.15, -0.1) is 0 Å². The second-order valence-electron chi connectivity index (χ2n) is 8.23. The highest BCUT2D eigenvalue weighted by Crippen LogP contribution is 2.29. The molecule has 0 saturated carbocycles. The minimum Gasteiger partial charge on any atom is -0.497 e. The number of hydrogen-bond acceptors (Lipinski definition) is 5. The molecule has 2 aromatic rings. The molecule has 192 valence electrons. The summed E-state index contributed by atoms with van der Waals surface area (Å²) in [7, 11) is 1.62. The molecule has 0 aliphatic heterocycles. The quantitative estimate of drug-likeness (QED) is 0.394. The molecule has 0 unspecified atom stereocenters. The standard InChI is InChI=1S/C28H40N2O5/c1-6-18-29-28(32)24(7-2)30(20-22-10-14-23(33-5)15-11-22)27(31)17-13-21-12-16-25(34-8-3)26(19-21)35-9-4/h10-12,14-16,19,24H,6-9,13,17-18,20H2,1-5H3,(H,29,32)/t24-/m1/s1. The lowest BCUT2D eigenvalue weighted by molar-refractivity contribution is -0.141. The molecule has 0 bridgehead atoms. The number of ether oxygens (including phenoxy) is 3. The van der Waals surface area contributed by atoms with E-state index in [1.807, 2.05) is 70.2 Å². The van der Waals surface area contributed by atoms with Crippen LogP contribution in [0.5, 0.6) is 17.2 Å². The van der Waals surface area contributed by atoms with Gasteiger partial charge in [0.1, 0.15) is 11.8 Å². The van der Waals surface area contributed by atoms with Crippen molar-refractivity contribution < 1.29 is 23.8 Å². The maximum atomic E-state index is 13.5. The third-order valence-electron chi connectivity index (χ3n) is 5.68. The molecule has 1 N–H and O–H groups in total. The largest absolute Gasteiger partial charge is 0.497 e. The summed E-state index contributed by atoms with van der Waals surface area (Å²) in [4.78, 5) is 28.1. The first-order chi connectivity index (χ1) is 17.0. The number of carbonyl (C=O) groups excluding carboxylic acids is 2. The van der Waals surface area contributed by atoms with Crippen LogP contribution in [0, 0.1) is 0 Å². The van der Waals surface area contributed by atoms with E-state index in [1.165, 1.54) is 0 Å². The third kappa shape index (κ3) is 8.50. The van der Waals surface area contributed by atoms with Crippen LogP contribution in [-0.4, -0.2) is 49.6 Å². The lowest BCUT2D eigenvalue weighted by atomic mass is 10.1. The molecule has 0 saturated heterocycles. The summed E-state index contributed by atoms with van der Waals surface area (Å²) in [6.07, 6.45) is 2.20. The van der Waals surface area contributed by atoms with Gasteiger partial charge < -0.3 is 24.4 Å². The van der Waals surface area contributed by atoms with Gasteiger partial charge in [-0.2, -0.15) is 0 Å². The first-order valence-corrected chi connectivity index (χ1v) is 12.6. The monoisotopic (exact) mass is 484 g/mol. The van der Waals surface area contributed by atoms with Crippen LogP contribution < -0.4 is 19.5 Å². The Labute approximate surface area is 209 Å². The summed E-state index contributed by atoms with van der Waals surface area (Å²) >= 11 is 0. The minimum atomic E-state index is -0.532. The second-order valence-corrected chi connectivity index (χ2v) is 8.23. The smallest absolute Gasteiger partial charge is 0.242 e. The Morgan fingerprint density at radius 2 is 1.57 bits per heavy atom. The van der Waals surface area contributed by atoms with Crippen LogP contribution in [-0.2, 0) is 22.6 Å². The number of amides is 2. The summed E-state index contributed by atoms with van der Waals surface area (Å²) in [6.45, 7) is 9.83. The number of benzene rings is 2. The van der Waals surface area contributed by atoms with Gasteiger partial charge in [-0.25, -0.2) is 0 Å². The lowest BCUT2D eigenvalue weighted by Crippen LogP contribution is -2.49. The van der Waals surface area contributed by atoms with E-state index in [0.717, 1.165) is 23.3 Å². The maximum absolute atomic E-state index is 13.5. The molecule has 2 aromatic carbocycles. The van der Waals surface area contributed by atoms with E-state index >= 15 is 0 Å². The van der Waals surface area contributed by atoms with Gasteiger partial charge in [0.15, 0.2) is 11.5 Å². The molecule has 35 heavy (non-hydrogen) atoms. The Hall–Kier alpha value is -3.22. The fourth-order valence-electron chi connectivity index (χ4n) is 3.86. The Balaban J connectivity index is 2.21. The number of nitrogens with one attached hydrogen (secondary N) is 1. The number of nitrogens with zero attached hydrogens (tertiary/aromatic N) is 1. The topological polar surface area (TPSA) is 77.1 Å². The number of methoxy groups -OCH3 is 1. The zero-order valence-corrected chi connectivity index (χ0v) is 21.8. The summed E-state index contributed by atoms with van der Waals surface area (Å²) < 4.78 is 16.6. The predicted octanol–water partition coefficient (Wildman–Crippen LogP) is 4.76. The Bertz CT molecular complexity index is 929. The molecule has 0 heterocycles. The Kier molecular flexibility index (Phi) is 11.9. The fourth-order valence-corrected chi connectivity index (χ4v) is 3.86. The van der Waals surface area contributed by atoms with Gasteiger partial charge in [-0.05, 0) is 68.5 Å².